The molecule has 1 aliphatic carbocycles. The van der Waals surface area contributed by atoms with Crippen LogP contribution in [0.15, 0.2) is 30.3 Å². The quantitative estimate of drug-likeness (QED) is 0.615. The van der Waals surface area contributed by atoms with Crippen molar-refractivity contribution in [3.8, 4) is 0 Å². The van der Waals surface area contributed by atoms with E-state index in [-0.39, 0.29) is 11.9 Å². The predicted molar refractivity (Wildman–Crippen MR) is 84.9 cm³/mol. The number of nitrogens with zero attached hydrogens (tertiary/aromatic N) is 1. The molecule has 0 spiro atoms. The summed E-state index contributed by atoms with van der Waals surface area (Å²) in [5, 5.41) is 7.64. The zero-order valence-corrected chi connectivity index (χ0v) is 12.5. The summed E-state index contributed by atoms with van der Waals surface area (Å²) in [5.41, 5.74) is 6.92. The van der Waals surface area contributed by atoms with Gasteiger partial charge in [-0.15, -0.1) is 0 Å². The topological polar surface area (TPSA) is 53.1 Å². The maximum absolute atomic E-state index is 7.64. The highest BCUT2D eigenvalue weighted by Crippen LogP contribution is 2.28. The van der Waals surface area contributed by atoms with E-state index in [2.05, 4.69) is 36.2 Å². The summed E-state index contributed by atoms with van der Waals surface area (Å²) in [6.07, 6.45) is 7.48. The molecule has 1 aromatic rings. The van der Waals surface area contributed by atoms with Crippen molar-refractivity contribution in [2.75, 3.05) is 13.6 Å². The molecule has 3 nitrogen and oxygen atoms in total. The molecule has 0 radical (unpaired) electrons. The average Bonchev–Trinajstić information content (AvgIpc) is 2.46. The van der Waals surface area contributed by atoms with Crippen molar-refractivity contribution in [3.63, 3.8) is 0 Å². The van der Waals surface area contributed by atoms with E-state index in [1.807, 2.05) is 6.07 Å². The van der Waals surface area contributed by atoms with Gasteiger partial charge in [-0.2, -0.15) is 0 Å². The van der Waals surface area contributed by atoms with Crippen LogP contribution in [0, 0.1) is 11.3 Å². The van der Waals surface area contributed by atoms with Gasteiger partial charge >= 0.3 is 0 Å². The Morgan fingerprint density at radius 3 is 2.50 bits per heavy atom. The summed E-state index contributed by atoms with van der Waals surface area (Å²) in [7, 11) is 2.18. The molecule has 20 heavy (non-hydrogen) atoms. The lowest BCUT2D eigenvalue weighted by Gasteiger charge is -2.33. The predicted octanol–water partition coefficient (Wildman–Crippen LogP) is 3.57. The monoisotopic (exact) mass is 273 g/mol. The van der Waals surface area contributed by atoms with E-state index in [4.69, 9.17) is 11.1 Å². The zero-order valence-electron chi connectivity index (χ0n) is 12.5. The van der Waals surface area contributed by atoms with Crippen LogP contribution in [0.25, 0.3) is 0 Å². The number of benzene rings is 1. The second kappa shape index (κ2) is 7.44. The van der Waals surface area contributed by atoms with Crippen LogP contribution in [0.5, 0.6) is 0 Å². The molecular formula is C17H27N3. The van der Waals surface area contributed by atoms with Crippen LogP contribution in [-0.2, 0) is 0 Å². The summed E-state index contributed by atoms with van der Waals surface area (Å²) in [6.45, 7) is 1.12. The van der Waals surface area contributed by atoms with E-state index in [9.17, 15) is 0 Å². The average molecular weight is 273 g/mol. The Labute approximate surface area is 122 Å². The molecular weight excluding hydrogens is 246 g/mol. The van der Waals surface area contributed by atoms with Gasteiger partial charge in [0.05, 0.1) is 5.84 Å². The first-order valence-electron chi connectivity index (χ1n) is 7.75. The maximum Gasteiger partial charge on any atom is 0.0924 e. The van der Waals surface area contributed by atoms with E-state index < -0.39 is 0 Å². The van der Waals surface area contributed by atoms with Crippen LogP contribution in [-0.4, -0.2) is 24.3 Å². The molecule has 1 aromatic carbocycles. The van der Waals surface area contributed by atoms with Crippen molar-refractivity contribution in [1.82, 2.24) is 4.90 Å². The van der Waals surface area contributed by atoms with Gasteiger partial charge in [-0.1, -0.05) is 49.6 Å². The van der Waals surface area contributed by atoms with E-state index in [1.54, 1.807) is 0 Å². The lowest BCUT2D eigenvalue weighted by Crippen LogP contribution is -2.33. The highest BCUT2D eigenvalue weighted by atomic mass is 15.1. The third-order valence-electron chi connectivity index (χ3n) is 4.40. The highest BCUT2D eigenvalue weighted by molar-refractivity contribution is 5.77. The number of hydrogen-bond donors (Lipinski definition) is 2. The third kappa shape index (κ3) is 4.34. The second-order valence-electron chi connectivity index (χ2n) is 6.10. The molecule has 0 saturated heterocycles. The third-order valence-corrected chi connectivity index (χ3v) is 4.40. The van der Waals surface area contributed by atoms with Crippen molar-refractivity contribution < 1.29 is 0 Å². The van der Waals surface area contributed by atoms with Crippen LogP contribution >= 0.6 is 0 Å². The Bertz CT molecular complexity index is 410. The van der Waals surface area contributed by atoms with Gasteiger partial charge in [0, 0.05) is 19.0 Å². The Kier molecular flexibility index (Phi) is 5.60. The van der Waals surface area contributed by atoms with Crippen LogP contribution < -0.4 is 5.73 Å². The molecule has 1 fully saturated rings. The van der Waals surface area contributed by atoms with Gasteiger partial charge in [0.1, 0.15) is 0 Å². The van der Waals surface area contributed by atoms with Crippen LogP contribution in [0.4, 0.5) is 0 Å². The molecule has 1 aliphatic rings. The number of hydrogen-bond acceptors (Lipinski definition) is 2. The fourth-order valence-electron chi connectivity index (χ4n) is 3.32. The fourth-order valence-corrected chi connectivity index (χ4v) is 3.32. The molecule has 0 aliphatic heterocycles. The summed E-state index contributed by atoms with van der Waals surface area (Å²) in [5.74, 6) is 1.08. The summed E-state index contributed by atoms with van der Waals surface area (Å²) >= 11 is 0. The highest BCUT2D eigenvalue weighted by Gasteiger charge is 2.22. The second-order valence-corrected chi connectivity index (χ2v) is 6.10. The Morgan fingerprint density at radius 2 is 1.90 bits per heavy atom. The summed E-state index contributed by atoms with van der Waals surface area (Å²) in [6, 6.07) is 10.7. The van der Waals surface area contributed by atoms with E-state index >= 15 is 0 Å². The lowest BCUT2D eigenvalue weighted by atomic mass is 9.88. The molecule has 2 rings (SSSR count). The summed E-state index contributed by atoms with van der Waals surface area (Å²) in [4.78, 5) is 2.40. The fraction of sp³-hybridized carbons (Fsp3) is 0.588. The lowest BCUT2D eigenvalue weighted by molar-refractivity contribution is 0.185. The first-order chi connectivity index (χ1) is 9.66. The van der Waals surface area contributed by atoms with Crippen LogP contribution in [0.2, 0.25) is 0 Å². The van der Waals surface area contributed by atoms with Gasteiger partial charge < -0.3 is 5.73 Å². The largest absolute Gasteiger partial charge is 0.388 e. The van der Waals surface area contributed by atoms with Crippen LogP contribution in [0.3, 0.4) is 0 Å². The normalized spacial score (nSPS) is 18.1. The Morgan fingerprint density at radius 1 is 1.25 bits per heavy atom. The minimum absolute atomic E-state index is 0.232. The summed E-state index contributed by atoms with van der Waals surface area (Å²) < 4.78 is 0. The van der Waals surface area contributed by atoms with Crippen molar-refractivity contribution in [3.05, 3.63) is 35.9 Å². The zero-order chi connectivity index (χ0) is 14.4. The minimum atomic E-state index is 0.232. The van der Waals surface area contributed by atoms with Crippen molar-refractivity contribution in [2.24, 2.45) is 11.7 Å². The number of nitrogens with one attached hydrogen (secondary N) is 1. The maximum atomic E-state index is 7.64. The molecule has 110 valence electrons. The van der Waals surface area contributed by atoms with Gasteiger partial charge in [0.25, 0.3) is 0 Å². The smallest absolute Gasteiger partial charge is 0.0924 e. The first-order valence-corrected chi connectivity index (χ1v) is 7.75. The van der Waals surface area contributed by atoms with Gasteiger partial charge in [0.15, 0.2) is 0 Å². The molecule has 0 amide bonds. The Balaban J connectivity index is 2.03. The molecule has 0 heterocycles. The van der Waals surface area contributed by atoms with E-state index in [1.165, 1.54) is 37.7 Å². The first kappa shape index (κ1) is 15.0. The molecule has 1 unspecified atom stereocenters. The van der Waals surface area contributed by atoms with Crippen molar-refractivity contribution in [1.29, 1.82) is 5.41 Å². The number of nitrogens with two attached hydrogens (primary N) is 1. The van der Waals surface area contributed by atoms with Crippen molar-refractivity contribution >= 4 is 5.84 Å². The Hall–Kier alpha value is -1.35. The van der Waals surface area contributed by atoms with Gasteiger partial charge in [0.2, 0.25) is 0 Å². The van der Waals surface area contributed by atoms with Crippen LogP contribution in [0.1, 0.15) is 50.1 Å². The van der Waals surface area contributed by atoms with Gasteiger partial charge in [-0.05, 0) is 31.4 Å². The number of rotatable bonds is 6. The molecule has 3 N–H and O–H groups in total. The van der Waals surface area contributed by atoms with E-state index in [0.717, 1.165) is 12.5 Å². The van der Waals surface area contributed by atoms with E-state index in [0.29, 0.717) is 6.42 Å². The molecule has 1 atom stereocenters. The van der Waals surface area contributed by atoms with Crippen molar-refractivity contribution in [2.45, 2.75) is 44.6 Å². The molecule has 0 aromatic heterocycles. The standard InChI is InChI=1S/C17H27N3/c1-20(13-14-8-4-2-5-9-14)16(12-17(18)19)15-10-6-3-7-11-15/h3,6-7,10-11,14,16H,2,4-5,8-9,12-13H2,1H3,(H3,18,19). The molecule has 1 saturated carbocycles. The molecule has 0 bridgehead atoms. The van der Waals surface area contributed by atoms with Gasteiger partial charge in [-0.25, -0.2) is 0 Å². The minimum Gasteiger partial charge on any atom is -0.388 e. The van der Waals surface area contributed by atoms with Gasteiger partial charge in [-0.3, -0.25) is 10.3 Å². The SMILES string of the molecule is CN(CC1CCCCC1)C(CC(=N)N)c1ccccc1. The molecule has 3 heteroatoms. The number of amidine groups is 1.